The minimum absolute atomic E-state index is 0.134. The van der Waals surface area contributed by atoms with Crippen molar-refractivity contribution in [1.82, 2.24) is 14.5 Å². The van der Waals surface area contributed by atoms with Crippen LogP contribution in [0, 0.1) is 6.92 Å². The molecule has 0 bridgehead atoms. The van der Waals surface area contributed by atoms with E-state index in [-0.39, 0.29) is 5.82 Å². The van der Waals surface area contributed by atoms with Crippen molar-refractivity contribution in [3.63, 3.8) is 0 Å². The second-order valence-electron chi connectivity index (χ2n) is 4.48. The number of aldehydes is 1. The van der Waals surface area contributed by atoms with Crippen molar-refractivity contribution in [1.29, 1.82) is 0 Å². The highest BCUT2D eigenvalue weighted by atomic mass is 16.4. The van der Waals surface area contributed by atoms with Crippen molar-refractivity contribution in [3.05, 3.63) is 46.3 Å². The van der Waals surface area contributed by atoms with E-state index in [1.54, 1.807) is 32.2 Å². The molecular formula is C14H11N3O3. The molecule has 1 aromatic carbocycles. The summed E-state index contributed by atoms with van der Waals surface area (Å²) in [5.74, 6) is -0.279. The van der Waals surface area contributed by atoms with E-state index in [9.17, 15) is 9.59 Å². The Hall–Kier alpha value is -2.76. The van der Waals surface area contributed by atoms with Crippen molar-refractivity contribution in [3.8, 4) is 11.3 Å². The second-order valence-corrected chi connectivity index (χ2v) is 4.48. The molecule has 0 saturated heterocycles. The number of hydrogen-bond acceptors (Lipinski definition) is 5. The minimum atomic E-state index is -0.412. The first-order valence-electron chi connectivity index (χ1n) is 5.99. The van der Waals surface area contributed by atoms with Crippen molar-refractivity contribution >= 4 is 17.4 Å². The van der Waals surface area contributed by atoms with Gasteiger partial charge in [-0.15, -0.1) is 0 Å². The zero-order chi connectivity index (χ0) is 14.3. The fourth-order valence-corrected chi connectivity index (χ4v) is 2.09. The molecule has 0 radical (unpaired) electrons. The van der Waals surface area contributed by atoms with Gasteiger partial charge in [-0.25, -0.2) is 14.8 Å². The van der Waals surface area contributed by atoms with Gasteiger partial charge in [-0.3, -0.25) is 9.36 Å². The van der Waals surface area contributed by atoms with E-state index in [4.69, 9.17) is 4.42 Å². The number of aryl methyl sites for hydroxylation is 2. The SMILES string of the molecule is Cc1cc(-c2ccc3c(c2)oc(=O)n3C)nc(C=O)n1. The van der Waals surface area contributed by atoms with Crippen molar-refractivity contribution < 1.29 is 9.21 Å². The fourth-order valence-electron chi connectivity index (χ4n) is 2.09. The summed E-state index contributed by atoms with van der Waals surface area (Å²) in [5, 5.41) is 0. The summed E-state index contributed by atoms with van der Waals surface area (Å²) < 4.78 is 6.57. The van der Waals surface area contributed by atoms with Crippen LogP contribution in [0.2, 0.25) is 0 Å². The highest BCUT2D eigenvalue weighted by Crippen LogP contribution is 2.22. The number of carbonyl (C=O) groups excluding carboxylic acids is 1. The Morgan fingerprint density at radius 2 is 2.05 bits per heavy atom. The van der Waals surface area contributed by atoms with Gasteiger partial charge in [-0.1, -0.05) is 6.07 Å². The molecule has 6 nitrogen and oxygen atoms in total. The summed E-state index contributed by atoms with van der Waals surface area (Å²) in [7, 11) is 1.65. The van der Waals surface area contributed by atoms with Crippen LogP contribution >= 0.6 is 0 Å². The molecule has 0 fully saturated rings. The molecular weight excluding hydrogens is 258 g/mol. The van der Waals surface area contributed by atoms with E-state index in [1.165, 1.54) is 4.57 Å². The lowest BCUT2D eigenvalue weighted by Crippen LogP contribution is -2.08. The third-order valence-corrected chi connectivity index (χ3v) is 3.06. The Morgan fingerprint density at radius 1 is 1.25 bits per heavy atom. The van der Waals surface area contributed by atoms with Gasteiger partial charge in [-0.05, 0) is 25.1 Å². The molecule has 0 aliphatic heterocycles. The largest absolute Gasteiger partial charge is 0.419 e. The first-order valence-corrected chi connectivity index (χ1v) is 5.99. The van der Waals surface area contributed by atoms with E-state index in [0.29, 0.717) is 28.8 Å². The molecule has 100 valence electrons. The zero-order valence-electron chi connectivity index (χ0n) is 11.0. The molecule has 2 heterocycles. The van der Waals surface area contributed by atoms with Gasteiger partial charge in [0, 0.05) is 18.3 Å². The number of rotatable bonds is 2. The van der Waals surface area contributed by atoms with Gasteiger partial charge in [0.05, 0.1) is 11.2 Å². The molecule has 0 saturated carbocycles. The van der Waals surface area contributed by atoms with Crippen LogP contribution < -0.4 is 5.76 Å². The summed E-state index contributed by atoms with van der Waals surface area (Å²) in [4.78, 5) is 30.4. The zero-order valence-corrected chi connectivity index (χ0v) is 11.0. The molecule has 20 heavy (non-hydrogen) atoms. The number of benzene rings is 1. The van der Waals surface area contributed by atoms with Gasteiger partial charge < -0.3 is 4.42 Å². The van der Waals surface area contributed by atoms with E-state index < -0.39 is 5.76 Å². The second kappa shape index (κ2) is 4.41. The number of hydrogen-bond donors (Lipinski definition) is 0. The Bertz CT molecular complexity index is 877. The van der Waals surface area contributed by atoms with Gasteiger partial charge in [0.15, 0.2) is 17.7 Å². The van der Waals surface area contributed by atoms with Crippen molar-refractivity contribution in [2.45, 2.75) is 6.92 Å². The highest BCUT2D eigenvalue weighted by Gasteiger charge is 2.09. The number of oxazole rings is 1. The molecule has 6 heteroatoms. The third-order valence-electron chi connectivity index (χ3n) is 3.06. The van der Waals surface area contributed by atoms with E-state index >= 15 is 0 Å². The molecule has 0 N–H and O–H groups in total. The quantitative estimate of drug-likeness (QED) is 0.662. The van der Waals surface area contributed by atoms with Crippen LogP contribution in [-0.2, 0) is 7.05 Å². The maximum atomic E-state index is 11.5. The molecule has 0 unspecified atom stereocenters. The molecule has 0 atom stereocenters. The van der Waals surface area contributed by atoms with Crippen LogP contribution in [0.4, 0.5) is 0 Å². The normalized spacial score (nSPS) is 10.9. The lowest BCUT2D eigenvalue weighted by Gasteiger charge is -2.03. The van der Waals surface area contributed by atoms with Gasteiger partial charge in [-0.2, -0.15) is 0 Å². The van der Waals surface area contributed by atoms with E-state index in [1.807, 2.05) is 6.07 Å². The number of nitrogens with zero attached hydrogens (tertiary/aromatic N) is 3. The van der Waals surface area contributed by atoms with Crippen LogP contribution in [0.5, 0.6) is 0 Å². The molecule has 3 aromatic rings. The highest BCUT2D eigenvalue weighted by molar-refractivity contribution is 5.80. The van der Waals surface area contributed by atoms with Crippen LogP contribution in [0.15, 0.2) is 33.5 Å². The average Bonchev–Trinajstić information content (AvgIpc) is 2.73. The maximum Gasteiger partial charge on any atom is 0.419 e. The van der Waals surface area contributed by atoms with Crippen LogP contribution in [0.3, 0.4) is 0 Å². The lowest BCUT2D eigenvalue weighted by atomic mass is 10.1. The molecule has 3 rings (SSSR count). The fraction of sp³-hybridized carbons (Fsp3) is 0.143. The van der Waals surface area contributed by atoms with Gasteiger partial charge in [0.2, 0.25) is 0 Å². The Morgan fingerprint density at radius 3 is 2.80 bits per heavy atom. The summed E-state index contributed by atoms with van der Waals surface area (Å²) >= 11 is 0. The smallest absolute Gasteiger partial charge is 0.408 e. The third kappa shape index (κ3) is 1.91. The predicted molar refractivity (Wildman–Crippen MR) is 72.6 cm³/mol. The first kappa shape index (κ1) is 12.3. The topological polar surface area (TPSA) is 78.0 Å². The van der Waals surface area contributed by atoms with Gasteiger partial charge in [0.1, 0.15) is 0 Å². The summed E-state index contributed by atoms with van der Waals surface area (Å²) in [5.41, 5.74) is 3.28. The number of aromatic nitrogens is 3. The van der Waals surface area contributed by atoms with Gasteiger partial charge in [0.25, 0.3) is 0 Å². The van der Waals surface area contributed by atoms with E-state index in [0.717, 1.165) is 5.56 Å². The number of carbonyl (C=O) groups is 1. The first-order chi connectivity index (χ1) is 9.58. The minimum Gasteiger partial charge on any atom is -0.408 e. The lowest BCUT2D eigenvalue weighted by molar-refractivity contribution is 0.111. The van der Waals surface area contributed by atoms with Gasteiger partial charge >= 0.3 is 5.76 Å². The molecule has 0 aliphatic rings. The monoisotopic (exact) mass is 269 g/mol. The van der Waals surface area contributed by atoms with Crippen molar-refractivity contribution in [2.75, 3.05) is 0 Å². The summed E-state index contributed by atoms with van der Waals surface area (Å²) in [6, 6.07) is 7.11. The molecule has 0 amide bonds. The molecule has 2 aromatic heterocycles. The van der Waals surface area contributed by atoms with Crippen LogP contribution in [0.1, 0.15) is 16.3 Å². The van der Waals surface area contributed by atoms with Crippen LogP contribution in [-0.4, -0.2) is 20.8 Å². The average molecular weight is 269 g/mol. The Labute approximate surface area is 113 Å². The van der Waals surface area contributed by atoms with Crippen LogP contribution in [0.25, 0.3) is 22.4 Å². The number of fused-ring (bicyclic) bond motifs is 1. The molecule has 0 aliphatic carbocycles. The Kier molecular flexibility index (Phi) is 2.71. The Balaban J connectivity index is 2.22. The predicted octanol–water partition coefficient (Wildman–Crippen LogP) is 1.71. The summed E-state index contributed by atoms with van der Waals surface area (Å²) in [6.07, 6.45) is 0.609. The van der Waals surface area contributed by atoms with E-state index in [2.05, 4.69) is 9.97 Å². The molecule has 0 spiro atoms. The maximum absolute atomic E-state index is 11.5. The summed E-state index contributed by atoms with van der Waals surface area (Å²) in [6.45, 7) is 1.79. The van der Waals surface area contributed by atoms with Crippen molar-refractivity contribution in [2.24, 2.45) is 7.05 Å². The standard InChI is InChI=1S/C14H11N3O3/c1-8-5-10(16-13(7-18)15-8)9-3-4-11-12(6-9)20-14(19)17(11)2/h3-7H,1-2H3.